The molecular formula is C42H34N6O15. The first-order valence-corrected chi connectivity index (χ1v) is 19.2. The molecule has 0 saturated heterocycles. The third-order valence-corrected chi connectivity index (χ3v) is 10.7. The van der Waals surface area contributed by atoms with Crippen molar-refractivity contribution in [3.05, 3.63) is 129 Å². The van der Waals surface area contributed by atoms with Crippen LogP contribution in [0.15, 0.2) is 64.5 Å². The number of oxime groups is 1. The molecule has 0 N–H and O–H groups in total. The number of nitro groups is 3. The van der Waals surface area contributed by atoms with Crippen molar-refractivity contribution in [1.29, 1.82) is 0 Å². The summed E-state index contributed by atoms with van der Waals surface area (Å²) in [5.74, 6) is -1.93. The van der Waals surface area contributed by atoms with Crippen molar-refractivity contribution in [3.8, 4) is 28.3 Å². The Bertz CT molecular complexity index is 3020. The lowest BCUT2D eigenvalue weighted by Crippen LogP contribution is -2.48. The van der Waals surface area contributed by atoms with E-state index >= 15 is 0 Å². The monoisotopic (exact) mass is 862 g/mol. The number of fused-ring (bicyclic) bond motifs is 8. The zero-order valence-corrected chi connectivity index (χ0v) is 34.2. The van der Waals surface area contributed by atoms with Crippen molar-refractivity contribution in [2.24, 2.45) is 5.16 Å². The molecule has 0 unspecified atom stereocenters. The summed E-state index contributed by atoms with van der Waals surface area (Å²) in [6.45, 7) is 9.00. The van der Waals surface area contributed by atoms with Crippen molar-refractivity contribution in [1.82, 2.24) is 9.55 Å². The SMILES string of the molecule is CC[C@@]1(OC(=O)[C@@H](C)O/N=C2/c3cc([N+](=O)[O-])cc(C)c3-c3c2cc([N+](=O)[O-])cc3[N+](=O)[O-])C(=O)OCc2c1cc1n(c2=O)Cc2cc3cc(OC(=O)OC(C)(C)C)ccc3nc2-1. The normalized spacial score (nSPS) is 16.8. The molecule has 5 aromatic rings. The largest absolute Gasteiger partial charge is 0.514 e. The van der Waals surface area contributed by atoms with Crippen molar-refractivity contribution in [2.75, 3.05) is 0 Å². The number of hydrogen-bond acceptors (Lipinski definition) is 17. The Morgan fingerprint density at radius 3 is 2.29 bits per heavy atom. The van der Waals surface area contributed by atoms with Gasteiger partial charge in [0, 0.05) is 51.4 Å². The van der Waals surface area contributed by atoms with Gasteiger partial charge < -0.3 is 28.4 Å². The standard InChI is InChI=1S/C42H34N6O15/c1-7-42(61-38(50)20(3)63-44-36-26-13-23(46(53)54)10-19(2)33(26)34-27(36)14-24(47(55)56)15-31(34)48(57)58)29-16-32-35-22(17-45(32)37(49)28(29)18-59-39(42)51)11-21-12-25(8-9-30(21)43-35)60-40(52)62-41(4,5)6/h8-16,20H,7,17-18H2,1-6H3/b44-36-/t20-,42+/m1/s1. The van der Waals surface area contributed by atoms with Crippen LogP contribution in [0.3, 0.4) is 0 Å². The maximum Gasteiger partial charge on any atom is 0.514 e. The van der Waals surface area contributed by atoms with E-state index in [1.54, 1.807) is 45.0 Å². The molecule has 0 amide bonds. The van der Waals surface area contributed by atoms with Crippen LogP contribution in [0.4, 0.5) is 21.9 Å². The summed E-state index contributed by atoms with van der Waals surface area (Å²) < 4.78 is 23.4. The summed E-state index contributed by atoms with van der Waals surface area (Å²) in [4.78, 5) is 97.9. The van der Waals surface area contributed by atoms with Gasteiger partial charge >= 0.3 is 18.1 Å². The number of ether oxygens (including phenoxy) is 4. The molecule has 63 heavy (non-hydrogen) atoms. The van der Waals surface area contributed by atoms with E-state index in [1.165, 1.54) is 37.5 Å². The number of cyclic esters (lactones) is 1. The Morgan fingerprint density at radius 2 is 1.63 bits per heavy atom. The van der Waals surface area contributed by atoms with E-state index in [-0.39, 0.29) is 63.4 Å². The number of rotatable bonds is 9. The molecule has 0 spiro atoms. The van der Waals surface area contributed by atoms with Gasteiger partial charge in [0.25, 0.3) is 22.6 Å². The zero-order chi connectivity index (χ0) is 45.4. The van der Waals surface area contributed by atoms with Gasteiger partial charge in [0.1, 0.15) is 23.7 Å². The first-order chi connectivity index (χ1) is 29.7. The van der Waals surface area contributed by atoms with E-state index in [9.17, 15) is 49.5 Å². The molecular weight excluding hydrogens is 828 g/mol. The smallest absolute Gasteiger partial charge is 0.457 e. The van der Waals surface area contributed by atoms with Crippen LogP contribution in [0.25, 0.3) is 33.4 Å². The summed E-state index contributed by atoms with van der Waals surface area (Å²) in [5.41, 5.74) is -3.44. The first kappa shape index (κ1) is 41.6. The number of carbonyl (C=O) groups excluding carboxylic acids is 3. The number of carbonyl (C=O) groups is 3. The average molecular weight is 863 g/mol. The lowest BCUT2D eigenvalue weighted by Gasteiger charge is -2.36. The molecule has 0 bridgehead atoms. The number of esters is 2. The quantitative estimate of drug-likeness (QED) is 0.0473. The van der Waals surface area contributed by atoms with Crippen LogP contribution in [0.1, 0.15) is 74.4 Å². The fourth-order valence-corrected chi connectivity index (χ4v) is 7.93. The van der Waals surface area contributed by atoms with Crippen molar-refractivity contribution < 1.29 is 52.9 Å². The maximum absolute atomic E-state index is 14.1. The first-order valence-electron chi connectivity index (χ1n) is 19.2. The highest BCUT2D eigenvalue weighted by atomic mass is 16.7. The lowest BCUT2D eigenvalue weighted by molar-refractivity contribution is -0.393. The van der Waals surface area contributed by atoms with Crippen molar-refractivity contribution >= 4 is 51.8 Å². The molecule has 2 atom stereocenters. The molecule has 8 rings (SSSR count). The van der Waals surface area contributed by atoms with Crippen LogP contribution in [0.5, 0.6) is 5.75 Å². The lowest BCUT2D eigenvalue weighted by atomic mass is 9.85. The van der Waals surface area contributed by atoms with Gasteiger partial charge in [0.2, 0.25) is 11.7 Å². The fraction of sp³-hybridized carbons (Fsp3) is 0.286. The Hall–Kier alpha value is -8.10. The second-order valence-electron chi connectivity index (χ2n) is 15.9. The highest BCUT2D eigenvalue weighted by Gasteiger charge is 2.51. The molecule has 0 saturated carbocycles. The highest BCUT2D eigenvalue weighted by Crippen LogP contribution is 2.48. The Morgan fingerprint density at radius 1 is 0.952 bits per heavy atom. The van der Waals surface area contributed by atoms with Crippen molar-refractivity contribution in [3.63, 3.8) is 0 Å². The Balaban J connectivity index is 1.13. The molecule has 3 aliphatic rings. The predicted molar refractivity (Wildman–Crippen MR) is 218 cm³/mol. The number of pyridine rings is 2. The van der Waals surface area contributed by atoms with E-state index in [0.717, 1.165) is 18.2 Å². The van der Waals surface area contributed by atoms with Gasteiger partial charge in [-0.05, 0) is 76.9 Å². The molecule has 21 heteroatoms. The summed E-state index contributed by atoms with van der Waals surface area (Å²) in [7, 11) is 0. The number of hydrogen-bond donors (Lipinski definition) is 0. The summed E-state index contributed by atoms with van der Waals surface area (Å²) in [6.07, 6.45) is -2.74. The van der Waals surface area contributed by atoms with Crippen molar-refractivity contribution in [2.45, 2.75) is 78.4 Å². The minimum atomic E-state index is -2.16. The fourth-order valence-electron chi connectivity index (χ4n) is 7.93. The molecule has 2 aromatic heterocycles. The molecule has 1 aliphatic carbocycles. The van der Waals surface area contributed by atoms with E-state index in [0.29, 0.717) is 27.9 Å². The van der Waals surface area contributed by atoms with Gasteiger partial charge in [-0.25, -0.2) is 19.4 Å². The molecule has 21 nitrogen and oxygen atoms in total. The van der Waals surface area contributed by atoms with Gasteiger partial charge in [-0.3, -0.25) is 35.1 Å². The number of non-ortho nitro benzene ring substituents is 2. The van der Waals surface area contributed by atoms with Crippen LogP contribution < -0.4 is 10.3 Å². The van der Waals surface area contributed by atoms with Crippen LogP contribution in [-0.2, 0) is 47.4 Å². The Labute approximate surface area is 354 Å². The average Bonchev–Trinajstić information content (AvgIpc) is 3.73. The minimum absolute atomic E-state index is 0.0266. The summed E-state index contributed by atoms with van der Waals surface area (Å²) in [6, 6.07) is 12.1. The molecule has 3 aromatic carbocycles. The number of aromatic nitrogens is 2. The second-order valence-corrected chi connectivity index (χ2v) is 15.9. The minimum Gasteiger partial charge on any atom is -0.457 e. The number of nitrogens with zero attached hydrogens (tertiary/aromatic N) is 6. The van der Waals surface area contributed by atoms with Gasteiger partial charge in [-0.15, -0.1) is 0 Å². The van der Waals surface area contributed by atoms with Gasteiger partial charge in [-0.1, -0.05) is 12.1 Å². The van der Waals surface area contributed by atoms with Gasteiger partial charge in [0.05, 0.1) is 55.4 Å². The van der Waals surface area contributed by atoms with E-state index in [2.05, 4.69) is 5.16 Å². The van der Waals surface area contributed by atoms with E-state index in [4.69, 9.17) is 28.8 Å². The zero-order valence-electron chi connectivity index (χ0n) is 34.2. The molecule has 322 valence electrons. The second kappa shape index (κ2) is 14.8. The third-order valence-electron chi connectivity index (χ3n) is 10.7. The molecule has 2 aliphatic heterocycles. The predicted octanol–water partition coefficient (Wildman–Crippen LogP) is 6.82. The third kappa shape index (κ3) is 7.01. The molecule has 4 heterocycles. The van der Waals surface area contributed by atoms with E-state index < -0.39 is 79.4 Å². The van der Waals surface area contributed by atoms with Crippen LogP contribution >= 0.6 is 0 Å². The number of nitro benzene ring substituents is 3. The maximum atomic E-state index is 14.1. The van der Waals surface area contributed by atoms with Gasteiger partial charge in [0.15, 0.2) is 0 Å². The number of aryl methyl sites for hydroxylation is 1. The topological polar surface area (TPSA) is 274 Å². The van der Waals surface area contributed by atoms with Gasteiger partial charge in [-0.2, -0.15) is 0 Å². The van der Waals surface area contributed by atoms with Crippen LogP contribution in [0, 0.1) is 37.3 Å². The molecule has 0 radical (unpaired) electrons. The highest BCUT2D eigenvalue weighted by molar-refractivity contribution is 6.26. The summed E-state index contributed by atoms with van der Waals surface area (Å²) >= 11 is 0. The van der Waals surface area contributed by atoms with Crippen LogP contribution in [0.2, 0.25) is 0 Å². The van der Waals surface area contributed by atoms with Crippen LogP contribution in [-0.4, -0.2) is 59.8 Å². The van der Waals surface area contributed by atoms with E-state index in [1.807, 2.05) is 0 Å². The number of benzene rings is 3. The Kier molecular flexibility index (Phi) is 9.79. The summed E-state index contributed by atoms with van der Waals surface area (Å²) in [5, 5.41) is 40.5. The molecule has 0 fully saturated rings.